The molecule has 19 heavy (non-hydrogen) atoms. The molecule has 0 spiro atoms. The van der Waals surface area contributed by atoms with Gasteiger partial charge < -0.3 is 10.1 Å². The Morgan fingerprint density at radius 2 is 1.79 bits per heavy atom. The fourth-order valence-corrected chi connectivity index (χ4v) is 2.10. The van der Waals surface area contributed by atoms with Gasteiger partial charge in [0.05, 0.1) is 0 Å². The van der Waals surface area contributed by atoms with Crippen molar-refractivity contribution in [2.45, 2.75) is 20.4 Å². The molecule has 0 aliphatic rings. The average molecular weight is 259 g/mol. The van der Waals surface area contributed by atoms with Crippen LogP contribution in [0.15, 0.2) is 36.4 Å². The third-order valence-corrected chi connectivity index (χ3v) is 2.85. The van der Waals surface area contributed by atoms with Gasteiger partial charge in [-0.25, -0.2) is 4.39 Å². The van der Waals surface area contributed by atoms with Gasteiger partial charge in [0.1, 0.15) is 17.3 Å². The average Bonchev–Trinajstić information content (AvgIpc) is 2.32. The van der Waals surface area contributed by atoms with Gasteiger partial charge in [0.15, 0.2) is 0 Å². The van der Waals surface area contributed by atoms with Gasteiger partial charge in [-0.05, 0) is 56.3 Å². The molecule has 2 aromatic carbocycles. The van der Waals surface area contributed by atoms with Crippen molar-refractivity contribution >= 4 is 0 Å². The van der Waals surface area contributed by atoms with Gasteiger partial charge in [0.2, 0.25) is 0 Å². The molecule has 2 aromatic rings. The van der Waals surface area contributed by atoms with E-state index in [0.717, 1.165) is 16.9 Å². The Balaban J connectivity index is 2.34. The normalized spacial score (nSPS) is 10.5. The molecule has 1 N–H and O–H groups in total. The first kappa shape index (κ1) is 13.6. The van der Waals surface area contributed by atoms with E-state index in [4.69, 9.17) is 4.74 Å². The molecule has 0 aliphatic carbocycles. The van der Waals surface area contributed by atoms with Gasteiger partial charge in [-0.15, -0.1) is 0 Å². The zero-order valence-corrected chi connectivity index (χ0v) is 11.5. The highest BCUT2D eigenvalue weighted by Crippen LogP contribution is 2.28. The molecule has 0 atom stereocenters. The number of hydrogen-bond donors (Lipinski definition) is 1. The Hall–Kier alpha value is -1.87. The molecule has 2 nitrogen and oxygen atoms in total. The lowest BCUT2D eigenvalue weighted by molar-refractivity contribution is 0.463. The van der Waals surface area contributed by atoms with Crippen molar-refractivity contribution in [1.82, 2.24) is 5.32 Å². The van der Waals surface area contributed by atoms with Crippen LogP contribution < -0.4 is 10.1 Å². The maximum Gasteiger partial charge on any atom is 0.134 e. The number of rotatable bonds is 4. The van der Waals surface area contributed by atoms with E-state index in [-0.39, 0.29) is 5.82 Å². The van der Waals surface area contributed by atoms with Crippen LogP contribution in [0.25, 0.3) is 0 Å². The van der Waals surface area contributed by atoms with Gasteiger partial charge >= 0.3 is 0 Å². The van der Waals surface area contributed by atoms with E-state index < -0.39 is 0 Å². The minimum Gasteiger partial charge on any atom is -0.457 e. The highest BCUT2D eigenvalue weighted by atomic mass is 19.1. The van der Waals surface area contributed by atoms with Crippen molar-refractivity contribution in [2.75, 3.05) is 7.05 Å². The first-order valence-corrected chi connectivity index (χ1v) is 6.28. The van der Waals surface area contributed by atoms with Crippen molar-refractivity contribution in [1.29, 1.82) is 0 Å². The van der Waals surface area contributed by atoms with E-state index in [0.29, 0.717) is 17.9 Å². The Labute approximate surface area is 113 Å². The predicted molar refractivity (Wildman–Crippen MR) is 75.2 cm³/mol. The molecule has 3 heteroatoms. The van der Waals surface area contributed by atoms with E-state index in [1.165, 1.54) is 6.07 Å². The number of halogens is 1. The van der Waals surface area contributed by atoms with Crippen LogP contribution >= 0.6 is 0 Å². The van der Waals surface area contributed by atoms with Crippen LogP contribution in [0.5, 0.6) is 11.5 Å². The zero-order chi connectivity index (χ0) is 13.8. The molecule has 0 amide bonds. The molecule has 0 aliphatic heterocycles. The summed E-state index contributed by atoms with van der Waals surface area (Å²) in [6, 6.07) is 10.9. The standard InChI is InChI=1S/C16H18FNO/c1-11-7-12(2)9-13(8-11)19-16-6-4-5-15(17)14(16)10-18-3/h4-9,18H,10H2,1-3H3. The van der Waals surface area contributed by atoms with Crippen LogP contribution in [0.4, 0.5) is 4.39 Å². The van der Waals surface area contributed by atoms with Crippen LogP contribution in [-0.4, -0.2) is 7.05 Å². The van der Waals surface area contributed by atoms with Crippen molar-refractivity contribution < 1.29 is 9.13 Å². The highest BCUT2D eigenvalue weighted by molar-refractivity contribution is 5.41. The van der Waals surface area contributed by atoms with Gasteiger partial charge in [-0.1, -0.05) is 12.1 Å². The lowest BCUT2D eigenvalue weighted by Gasteiger charge is -2.12. The number of nitrogens with one attached hydrogen (secondary N) is 1. The van der Waals surface area contributed by atoms with E-state index in [1.807, 2.05) is 26.0 Å². The largest absolute Gasteiger partial charge is 0.457 e. The van der Waals surface area contributed by atoms with Crippen LogP contribution in [0.1, 0.15) is 16.7 Å². The van der Waals surface area contributed by atoms with Crippen molar-refractivity contribution in [3.63, 3.8) is 0 Å². The highest BCUT2D eigenvalue weighted by Gasteiger charge is 2.10. The molecular formula is C16H18FNO. The SMILES string of the molecule is CNCc1c(F)cccc1Oc1cc(C)cc(C)c1. The van der Waals surface area contributed by atoms with E-state index >= 15 is 0 Å². The Morgan fingerprint density at radius 1 is 1.11 bits per heavy atom. The van der Waals surface area contributed by atoms with Gasteiger partial charge in [0, 0.05) is 12.1 Å². The first-order valence-electron chi connectivity index (χ1n) is 6.28. The molecule has 0 unspecified atom stereocenters. The summed E-state index contributed by atoms with van der Waals surface area (Å²) >= 11 is 0. The summed E-state index contributed by atoms with van der Waals surface area (Å²) in [6.07, 6.45) is 0. The van der Waals surface area contributed by atoms with Gasteiger partial charge in [-0.2, -0.15) is 0 Å². The molecule has 100 valence electrons. The summed E-state index contributed by atoms with van der Waals surface area (Å²) in [7, 11) is 1.78. The molecule has 0 fully saturated rings. The van der Waals surface area contributed by atoms with Gasteiger partial charge in [-0.3, -0.25) is 0 Å². The smallest absolute Gasteiger partial charge is 0.134 e. The lowest BCUT2D eigenvalue weighted by Crippen LogP contribution is -2.08. The number of ether oxygens (including phenoxy) is 1. The molecule has 0 heterocycles. The van der Waals surface area contributed by atoms with Crippen LogP contribution in [0, 0.1) is 19.7 Å². The quantitative estimate of drug-likeness (QED) is 0.897. The Kier molecular flexibility index (Phi) is 4.17. The second-order valence-corrected chi connectivity index (χ2v) is 4.67. The van der Waals surface area contributed by atoms with Crippen LogP contribution in [-0.2, 0) is 6.54 Å². The topological polar surface area (TPSA) is 21.3 Å². The zero-order valence-electron chi connectivity index (χ0n) is 11.5. The fourth-order valence-electron chi connectivity index (χ4n) is 2.10. The summed E-state index contributed by atoms with van der Waals surface area (Å²) < 4.78 is 19.6. The summed E-state index contributed by atoms with van der Waals surface area (Å²) in [6.45, 7) is 4.46. The minimum absolute atomic E-state index is 0.253. The molecule has 0 radical (unpaired) electrons. The van der Waals surface area contributed by atoms with Crippen molar-refractivity contribution in [3.8, 4) is 11.5 Å². The second kappa shape index (κ2) is 5.85. The van der Waals surface area contributed by atoms with Crippen LogP contribution in [0.2, 0.25) is 0 Å². The molecule has 2 rings (SSSR count). The van der Waals surface area contributed by atoms with E-state index in [2.05, 4.69) is 11.4 Å². The van der Waals surface area contributed by atoms with Crippen LogP contribution in [0.3, 0.4) is 0 Å². The number of benzene rings is 2. The summed E-state index contributed by atoms with van der Waals surface area (Å²) in [4.78, 5) is 0. The summed E-state index contributed by atoms with van der Waals surface area (Å²) in [5, 5.41) is 2.95. The monoisotopic (exact) mass is 259 g/mol. The number of aryl methyl sites for hydroxylation is 2. The first-order chi connectivity index (χ1) is 9.10. The lowest BCUT2D eigenvalue weighted by atomic mass is 10.1. The van der Waals surface area contributed by atoms with Gasteiger partial charge in [0.25, 0.3) is 0 Å². The van der Waals surface area contributed by atoms with Crippen molar-refractivity contribution in [2.24, 2.45) is 0 Å². The summed E-state index contributed by atoms with van der Waals surface area (Å²) in [5.41, 5.74) is 2.80. The molecule has 0 aromatic heterocycles. The molecular weight excluding hydrogens is 241 g/mol. The maximum atomic E-state index is 13.8. The predicted octanol–water partition coefficient (Wildman–Crippen LogP) is 3.95. The Morgan fingerprint density at radius 3 is 2.42 bits per heavy atom. The van der Waals surface area contributed by atoms with Crippen molar-refractivity contribution in [3.05, 3.63) is 58.9 Å². The Bertz CT molecular complexity index is 561. The molecule has 0 saturated heterocycles. The third-order valence-electron chi connectivity index (χ3n) is 2.85. The number of hydrogen-bond acceptors (Lipinski definition) is 2. The second-order valence-electron chi connectivity index (χ2n) is 4.67. The summed E-state index contributed by atoms with van der Waals surface area (Å²) in [5.74, 6) is 1.04. The minimum atomic E-state index is -0.253. The fraction of sp³-hybridized carbons (Fsp3) is 0.250. The maximum absolute atomic E-state index is 13.8. The molecule has 0 bridgehead atoms. The van der Waals surface area contributed by atoms with E-state index in [9.17, 15) is 4.39 Å². The third kappa shape index (κ3) is 3.32. The molecule has 0 saturated carbocycles. The van der Waals surface area contributed by atoms with E-state index in [1.54, 1.807) is 19.2 Å².